The van der Waals surface area contributed by atoms with Gasteiger partial charge in [0.2, 0.25) is 0 Å². The van der Waals surface area contributed by atoms with E-state index in [0.717, 1.165) is 26.6 Å². The van der Waals surface area contributed by atoms with Crippen LogP contribution in [0.15, 0.2) is 47.1 Å². The highest BCUT2D eigenvalue weighted by Gasteiger charge is 2.16. The van der Waals surface area contributed by atoms with Gasteiger partial charge in [-0.25, -0.2) is 4.79 Å². The second kappa shape index (κ2) is 5.33. The molecule has 0 radical (unpaired) electrons. The largest absolute Gasteiger partial charge is 0.477 e. The summed E-state index contributed by atoms with van der Waals surface area (Å²) >= 11 is 3.42. The number of benzene rings is 1. The molecule has 0 spiro atoms. The minimum atomic E-state index is -0.918. The van der Waals surface area contributed by atoms with Crippen LogP contribution in [0.25, 0.3) is 22.2 Å². The van der Waals surface area contributed by atoms with Gasteiger partial charge in [-0.1, -0.05) is 18.2 Å². The number of para-hydroxylation sites is 1. The summed E-state index contributed by atoms with van der Waals surface area (Å²) in [5, 5.41) is 10.3. The Hall–Kier alpha value is -2.14. The van der Waals surface area contributed by atoms with Gasteiger partial charge in [-0.2, -0.15) is 0 Å². The van der Waals surface area contributed by atoms with Crippen LogP contribution < -0.4 is 0 Å². The summed E-state index contributed by atoms with van der Waals surface area (Å²) in [5.74, 6) is -0.918. The number of nitrogens with zero attached hydrogens (tertiary/aromatic N) is 2. The third-order valence-corrected chi connectivity index (χ3v) is 3.90. The quantitative estimate of drug-likeness (QED) is 0.775. The van der Waals surface area contributed by atoms with Crippen LogP contribution >= 0.6 is 15.9 Å². The van der Waals surface area contributed by atoms with Gasteiger partial charge in [-0.15, -0.1) is 0 Å². The van der Waals surface area contributed by atoms with E-state index in [1.165, 1.54) is 0 Å². The molecule has 106 valence electrons. The van der Waals surface area contributed by atoms with Crippen LogP contribution in [-0.4, -0.2) is 20.6 Å². The van der Waals surface area contributed by atoms with E-state index in [1.807, 2.05) is 37.3 Å². The Balaban J connectivity index is 2.28. The molecule has 1 aromatic carbocycles. The van der Waals surface area contributed by atoms with Gasteiger partial charge in [0, 0.05) is 28.2 Å². The van der Waals surface area contributed by atoms with Crippen LogP contribution in [0.2, 0.25) is 0 Å². The van der Waals surface area contributed by atoms with Crippen molar-refractivity contribution in [3.8, 4) is 11.3 Å². The zero-order valence-corrected chi connectivity index (χ0v) is 13.0. The number of rotatable bonds is 3. The monoisotopic (exact) mass is 344 g/mol. The van der Waals surface area contributed by atoms with Gasteiger partial charge < -0.3 is 9.67 Å². The number of fused-ring (bicyclic) bond motifs is 1. The Bertz CT molecular complexity index is 839. The molecule has 0 aliphatic carbocycles. The Morgan fingerprint density at radius 3 is 2.86 bits per heavy atom. The number of carbonyl (C=O) groups is 1. The molecule has 0 bridgehead atoms. The van der Waals surface area contributed by atoms with E-state index in [9.17, 15) is 9.90 Å². The number of carboxylic acids is 1. The average molecular weight is 345 g/mol. The number of aromatic nitrogens is 2. The van der Waals surface area contributed by atoms with Crippen molar-refractivity contribution in [3.05, 3.63) is 52.8 Å². The standard InChI is InChI=1S/C16H13BrN2O2/c1-2-19-13(6-7-14(19)16(20)21)12-5-3-4-10-8-11(17)9-18-15(10)12/h3-9H,2H2,1H3,(H,20,21). The van der Waals surface area contributed by atoms with Crippen molar-refractivity contribution in [3.63, 3.8) is 0 Å². The molecule has 0 unspecified atom stereocenters. The molecule has 0 fully saturated rings. The van der Waals surface area contributed by atoms with Crippen LogP contribution in [0.4, 0.5) is 0 Å². The van der Waals surface area contributed by atoms with Crippen molar-refractivity contribution in [2.24, 2.45) is 0 Å². The first kappa shape index (κ1) is 13.8. The lowest BCUT2D eigenvalue weighted by Gasteiger charge is -2.11. The smallest absolute Gasteiger partial charge is 0.352 e. The highest BCUT2D eigenvalue weighted by molar-refractivity contribution is 9.10. The first-order chi connectivity index (χ1) is 10.1. The van der Waals surface area contributed by atoms with Crippen molar-refractivity contribution < 1.29 is 9.90 Å². The molecule has 3 rings (SSSR count). The highest BCUT2D eigenvalue weighted by Crippen LogP contribution is 2.30. The number of aromatic carboxylic acids is 1. The van der Waals surface area contributed by atoms with Crippen molar-refractivity contribution in [1.29, 1.82) is 0 Å². The Morgan fingerprint density at radius 1 is 1.33 bits per heavy atom. The summed E-state index contributed by atoms with van der Waals surface area (Å²) in [6, 6.07) is 11.4. The minimum absolute atomic E-state index is 0.293. The van der Waals surface area contributed by atoms with Crippen LogP contribution in [0.3, 0.4) is 0 Å². The number of carboxylic acid groups (broad SMARTS) is 1. The summed E-state index contributed by atoms with van der Waals surface area (Å²) in [5.41, 5.74) is 2.97. The molecule has 0 aliphatic rings. The molecular weight excluding hydrogens is 332 g/mol. The van der Waals surface area contributed by atoms with Crippen LogP contribution in [-0.2, 0) is 6.54 Å². The predicted molar refractivity (Wildman–Crippen MR) is 85.5 cm³/mol. The van der Waals surface area contributed by atoms with Gasteiger partial charge >= 0.3 is 5.97 Å². The molecule has 0 atom stereocenters. The van der Waals surface area contributed by atoms with E-state index in [0.29, 0.717) is 12.2 Å². The van der Waals surface area contributed by atoms with E-state index in [2.05, 4.69) is 20.9 Å². The average Bonchev–Trinajstić information content (AvgIpc) is 2.90. The molecule has 0 saturated carbocycles. The zero-order chi connectivity index (χ0) is 15.0. The molecule has 0 aliphatic heterocycles. The lowest BCUT2D eigenvalue weighted by Crippen LogP contribution is -2.08. The second-order valence-electron chi connectivity index (χ2n) is 4.68. The molecule has 4 nitrogen and oxygen atoms in total. The molecule has 21 heavy (non-hydrogen) atoms. The molecule has 1 N–H and O–H groups in total. The molecule has 2 heterocycles. The molecular formula is C16H13BrN2O2. The SMILES string of the molecule is CCn1c(C(=O)O)ccc1-c1cccc2cc(Br)cnc12. The Labute approximate surface area is 130 Å². The van der Waals surface area contributed by atoms with E-state index < -0.39 is 5.97 Å². The first-order valence-corrected chi connectivity index (χ1v) is 7.38. The molecule has 5 heteroatoms. The summed E-state index contributed by atoms with van der Waals surface area (Å²) in [4.78, 5) is 15.8. The maximum Gasteiger partial charge on any atom is 0.352 e. The third-order valence-electron chi connectivity index (χ3n) is 3.47. The van der Waals surface area contributed by atoms with Crippen LogP contribution in [0, 0.1) is 0 Å². The third kappa shape index (κ3) is 2.34. The van der Waals surface area contributed by atoms with E-state index >= 15 is 0 Å². The second-order valence-corrected chi connectivity index (χ2v) is 5.60. The fraction of sp³-hybridized carbons (Fsp3) is 0.125. The topological polar surface area (TPSA) is 55.1 Å². The number of pyridine rings is 1. The van der Waals surface area contributed by atoms with Gasteiger partial charge in [0.05, 0.1) is 11.2 Å². The Kier molecular flexibility index (Phi) is 3.51. The number of hydrogen-bond acceptors (Lipinski definition) is 2. The lowest BCUT2D eigenvalue weighted by molar-refractivity contribution is 0.0685. The van der Waals surface area contributed by atoms with Crippen LogP contribution in [0.1, 0.15) is 17.4 Å². The molecule has 2 aromatic heterocycles. The fourth-order valence-corrected chi connectivity index (χ4v) is 2.92. The minimum Gasteiger partial charge on any atom is -0.477 e. The number of hydrogen-bond donors (Lipinski definition) is 1. The molecule has 0 amide bonds. The van der Waals surface area contributed by atoms with Crippen molar-refractivity contribution in [2.75, 3.05) is 0 Å². The van der Waals surface area contributed by atoms with Crippen molar-refractivity contribution in [1.82, 2.24) is 9.55 Å². The van der Waals surface area contributed by atoms with Gasteiger partial charge in [0.25, 0.3) is 0 Å². The summed E-state index contributed by atoms with van der Waals surface area (Å²) < 4.78 is 2.71. The van der Waals surface area contributed by atoms with Gasteiger partial charge in [-0.05, 0) is 41.1 Å². The summed E-state index contributed by atoms with van der Waals surface area (Å²) in [7, 11) is 0. The molecule has 0 saturated heterocycles. The van der Waals surface area contributed by atoms with Gasteiger partial charge in [-0.3, -0.25) is 4.98 Å². The maximum absolute atomic E-state index is 11.3. The van der Waals surface area contributed by atoms with Crippen LogP contribution in [0.5, 0.6) is 0 Å². The maximum atomic E-state index is 11.3. The van der Waals surface area contributed by atoms with E-state index in [4.69, 9.17) is 0 Å². The lowest BCUT2D eigenvalue weighted by atomic mass is 10.1. The van der Waals surface area contributed by atoms with E-state index in [-0.39, 0.29) is 0 Å². The highest BCUT2D eigenvalue weighted by atomic mass is 79.9. The predicted octanol–water partition coefficient (Wildman–Crippen LogP) is 4.18. The fourth-order valence-electron chi connectivity index (χ4n) is 2.57. The number of halogens is 1. The van der Waals surface area contributed by atoms with Gasteiger partial charge in [0.15, 0.2) is 0 Å². The first-order valence-electron chi connectivity index (χ1n) is 6.59. The van der Waals surface area contributed by atoms with Gasteiger partial charge in [0.1, 0.15) is 5.69 Å². The zero-order valence-electron chi connectivity index (χ0n) is 11.4. The summed E-state index contributed by atoms with van der Waals surface area (Å²) in [6.45, 7) is 2.53. The Morgan fingerprint density at radius 2 is 2.14 bits per heavy atom. The molecule has 3 aromatic rings. The van der Waals surface area contributed by atoms with Crippen molar-refractivity contribution >= 4 is 32.8 Å². The summed E-state index contributed by atoms with van der Waals surface area (Å²) in [6.07, 6.45) is 1.75. The van der Waals surface area contributed by atoms with E-state index in [1.54, 1.807) is 16.8 Å². The normalized spacial score (nSPS) is 11.0. The van der Waals surface area contributed by atoms with Crippen molar-refractivity contribution in [2.45, 2.75) is 13.5 Å².